The van der Waals surface area contributed by atoms with Crippen molar-refractivity contribution in [1.82, 2.24) is 24.8 Å². The molecule has 0 aliphatic carbocycles. The van der Waals surface area contributed by atoms with E-state index in [4.69, 9.17) is 0 Å². The van der Waals surface area contributed by atoms with E-state index in [1.165, 1.54) is 11.1 Å². The topological polar surface area (TPSA) is 63.1 Å². The lowest BCUT2D eigenvalue weighted by atomic mass is 10.1. The van der Waals surface area contributed by atoms with Crippen molar-refractivity contribution >= 4 is 6.03 Å². The smallest absolute Gasteiger partial charge is 0.318 e. The molecule has 1 unspecified atom stereocenters. The highest BCUT2D eigenvalue weighted by Crippen LogP contribution is 2.32. The molecule has 1 fully saturated rings. The second kappa shape index (κ2) is 8.90. The summed E-state index contributed by atoms with van der Waals surface area (Å²) < 4.78 is 2.22. The molecule has 1 N–H and O–H groups in total. The third kappa shape index (κ3) is 4.47. The average Bonchev–Trinajstić information content (AvgIpc) is 3.37. The van der Waals surface area contributed by atoms with Crippen LogP contribution in [0, 0.1) is 6.92 Å². The van der Waals surface area contributed by atoms with Crippen molar-refractivity contribution in [3.8, 4) is 0 Å². The molecule has 0 spiro atoms. The number of nitrogens with zero attached hydrogens (tertiary/aromatic N) is 4. The molecule has 1 aliphatic rings. The second-order valence-electron chi connectivity index (χ2n) is 7.52. The SMILES string of the molecule is Cc1cnc(C2CCCN2C(=O)NCCc2ccccc2)n1Cc1ccncc1. The van der Waals surface area contributed by atoms with E-state index in [1.807, 2.05) is 53.8 Å². The van der Waals surface area contributed by atoms with Gasteiger partial charge in [-0.25, -0.2) is 9.78 Å². The number of carbonyl (C=O) groups is 1. The molecule has 0 saturated carbocycles. The maximum Gasteiger partial charge on any atom is 0.318 e. The Labute approximate surface area is 171 Å². The van der Waals surface area contributed by atoms with Gasteiger partial charge in [-0.2, -0.15) is 0 Å². The molecular formula is C23H27N5O. The van der Waals surface area contributed by atoms with Crippen LogP contribution in [0.25, 0.3) is 0 Å². The quantitative estimate of drug-likeness (QED) is 0.699. The van der Waals surface area contributed by atoms with Crippen molar-refractivity contribution in [2.75, 3.05) is 13.1 Å². The number of imidazole rings is 1. The van der Waals surface area contributed by atoms with Crippen LogP contribution in [-0.4, -0.2) is 38.6 Å². The third-order valence-corrected chi connectivity index (χ3v) is 5.52. The van der Waals surface area contributed by atoms with Crippen LogP contribution >= 0.6 is 0 Å². The number of amides is 2. The average molecular weight is 390 g/mol. The largest absolute Gasteiger partial charge is 0.338 e. The van der Waals surface area contributed by atoms with E-state index in [-0.39, 0.29) is 12.1 Å². The van der Waals surface area contributed by atoms with Gasteiger partial charge in [-0.1, -0.05) is 30.3 Å². The number of aromatic nitrogens is 3. The van der Waals surface area contributed by atoms with Crippen LogP contribution in [0.1, 0.15) is 41.5 Å². The molecule has 1 aliphatic heterocycles. The summed E-state index contributed by atoms with van der Waals surface area (Å²) in [7, 11) is 0. The zero-order valence-corrected chi connectivity index (χ0v) is 16.8. The van der Waals surface area contributed by atoms with Gasteiger partial charge in [-0.15, -0.1) is 0 Å². The Morgan fingerprint density at radius 1 is 1.14 bits per heavy atom. The zero-order valence-electron chi connectivity index (χ0n) is 16.8. The summed E-state index contributed by atoms with van der Waals surface area (Å²) in [6.45, 7) is 4.21. The summed E-state index contributed by atoms with van der Waals surface area (Å²) in [5, 5.41) is 3.09. The van der Waals surface area contributed by atoms with Crippen LogP contribution in [0.15, 0.2) is 61.1 Å². The zero-order chi connectivity index (χ0) is 20.1. The van der Waals surface area contributed by atoms with Crippen molar-refractivity contribution in [2.24, 2.45) is 0 Å². The van der Waals surface area contributed by atoms with Gasteiger partial charge in [0.1, 0.15) is 5.82 Å². The molecule has 1 atom stereocenters. The minimum Gasteiger partial charge on any atom is -0.338 e. The van der Waals surface area contributed by atoms with Gasteiger partial charge < -0.3 is 14.8 Å². The molecular weight excluding hydrogens is 362 g/mol. The molecule has 6 nitrogen and oxygen atoms in total. The van der Waals surface area contributed by atoms with Crippen LogP contribution < -0.4 is 5.32 Å². The predicted molar refractivity (Wildman–Crippen MR) is 113 cm³/mol. The van der Waals surface area contributed by atoms with Crippen LogP contribution in [0.5, 0.6) is 0 Å². The highest BCUT2D eigenvalue weighted by atomic mass is 16.2. The molecule has 150 valence electrons. The van der Waals surface area contributed by atoms with Crippen LogP contribution in [-0.2, 0) is 13.0 Å². The molecule has 0 radical (unpaired) electrons. The van der Waals surface area contributed by atoms with Gasteiger partial charge in [0.15, 0.2) is 0 Å². The molecule has 2 amide bonds. The summed E-state index contributed by atoms with van der Waals surface area (Å²) in [4.78, 5) is 23.6. The fourth-order valence-electron chi connectivity index (χ4n) is 3.96. The number of pyridine rings is 1. The van der Waals surface area contributed by atoms with E-state index in [1.54, 1.807) is 0 Å². The van der Waals surface area contributed by atoms with E-state index in [0.717, 1.165) is 43.9 Å². The number of benzene rings is 1. The maximum absolute atomic E-state index is 12.9. The summed E-state index contributed by atoms with van der Waals surface area (Å²) in [6.07, 6.45) is 8.30. The van der Waals surface area contributed by atoms with E-state index in [0.29, 0.717) is 6.54 Å². The van der Waals surface area contributed by atoms with Crippen molar-refractivity contribution in [3.63, 3.8) is 0 Å². The monoisotopic (exact) mass is 389 g/mol. The molecule has 3 heterocycles. The molecule has 3 aromatic rings. The number of hydrogen-bond acceptors (Lipinski definition) is 3. The van der Waals surface area contributed by atoms with Crippen molar-refractivity contribution in [3.05, 3.63) is 83.7 Å². The van der Waals surface area contributed by atoms with Gasteiger partial charge in [0, 0.05) is 43.9 Å². The first-order chi connectivity index (χ1) is 14.2. The number of hydrogen-bond donors (Lipinski definition) is 1. The van der Waals surface area contributed by atoms with Gasteiger partial charge in [0.2, 0.25) is 0 Å². The second-order valence-corrected chi connectivity index (χ2v) is 7.52. The minimum absolute atomic E-state index is 0.000421. The summed E-state index contributed by atoms with van der Waals surface area (Å²) >= 11 is 0. The fraction of sp³-hybridized carbons (Fsp3) is 0.348. The van der Waals surface area contributed by atoms with Crippen LogP contribution in [0.4, 0.5) is 4.79 Å². The van der Waals surface area contributed by atoms with E-state index < -0.39 is 0 Å². The normalized spacial score (nSPS) is 16.2. The highest BCUT2D eigenvalue weighted by Gasteiger charge is 2.33. The number of rotatable bonds is 6. The molecule has 29 heavy (non-hydrogen) atoms. The first-order valence-electron chi connectivity index (χ1n) is 10.2. The predicted octanol–water partition coefficient (Wildman–Crippen LogP) is 3.72. The van der Waals surface area contributed by atoms with Crippen molar-refractivity contribution in [2.45, 2.75) is 38.8 Å². The van der Waals surface area contributed by atoms with E-state index >= 15 is 0 Å². The first-order valence-corrected chi connectivity index (χ1v) is 10.2. The Morgan fingerprint density at radius 3 is 2.72 bits per heavy atom. The third-order valence-electron chi connectivity index (χ3n) is 5.52. The molecule has 1 aromatic carbocycles. The Bertz CT molecular complexity index is 938. The van der Waals surface area contributed by atoms with E-state index in [2.05, 4.69) is 38.9 Å². The lowest BCUT2D eigenvalue weighted by Crippen LogP contribution is -2.41. The maximum atomic E-state index is 12.9. The first kappa shape index (κ1) is 19.2. The van der Waals surface area contributed by atoms with Gasteiger partial charge >= 0.3 is 6.03 Å². The summed E-state index contributed by atoms with van der Waals surface area (Å²) in [5.41, 5.74) is 3.52. The summed E-state index contributed by atoms with van der Waals surface area (Å²) in [6, 6.07) is 14.3. The lowest BCUT2D eigenvalue weighted by Gasteiger charge is -2.25. The standard InChI is InChI=1S/C23H27N5O/c1-18-16-26-22(28(18)17-20-9-12-24-13-10-20)21-8-5-15-27(21)23(29)25-14-11-19-6-3-2-4-7-19/h2-4,6-7,9-10,12-13,16,21H,5,8,11,14-15,17H2,1H3,(H,25,29). The Hall–Kier alpha value is -3.15. The molecule has 6 heteroatoms. The Kier molecular flexibility index (Phi) is 5.89. The molecule has 2 aromatic heterocycles. The number of urea groups is 1. The fourth-order valence-corrected chi connectivity index (χ4v) is 3.96. The number of likely N-dealkylation sites (tertiary alicyclic amines) is 1. The Balaban J connectivity index is 1.43. The summed E-state index contributed by atoms with van der Waals surface area (Å²) in [5.74, 6) is 0.968. The van der Waals surface area contributed by atoms with Crippen molar-refractivity contribution < 1.29 is 4.79 Å². The lowest BCUT2D eigenvalue weighted by molar-refractivity contribution is 0.190. The number of carbonyl (C=O) groups excluding carboxylic acids is 1. The Morgan fingerprint density at radius 2 is 1.93 bits per heavy atom. The minimum atomic E-state index is -0.000421. The van der Waals surface area contributed by atoms with E-state index in [9.17, 15) is 4.79 Å². The number of nitrogens with one attached hydrogen (secondary N) is 1. The van der Waals surface area contributed by atoms with Gasteiger partial charge in [-0.3, -0.25) is 4.98 Å². The highest BCUT2D eigenvalue weighted by molar-refractivity contribution is 5.75. The molecule has 0 bridgehead atoms. The molecule has 4 rings (SSSR count). The number of aryl methyl sites for hydroxylation is 1. The van der Waals surface area contributed by atoms with Gasteiger partial charge in [0.25, 0.3) is 0 Å². The van der Waals surface area contributed by atoms with Crippen LogP contribution in [0.3, 0.4) is 0 Å². The van der Waals surface area contributed by atoms with Gasteiger partial charge in [0.05, 0.1) is 6.04 Å². The molecule has 1 saturated heterocycles. The van der Waals surface area contributed by atoms with Crippen molar-refractivity contribution in [1.29, 1.82) is 0 Å². The van der Waals surface area contributed by atoms with Gasteiger partial charge in [-0.05, 0) is 49.4 Å². The van der Waals surface area contributed by atoms with Crippen LogP contribution in [0.2, 0.25) is 0 Å².